The minimum absolute atomic E-state index is 0.115. The number of unbranched alkanes of at least 4 members (excludes halogenated alkanes) is 1. The van der Waals surface area contributed by atoms with E-state index in [1.54, 1.807) is 11.3 Å². The Balaban J connectivity index is 1.64. The van der Waals surface area contributed by atoms with Gasteiger partial charge < -0.3 is 4.90 Å². The van der Waals surface area contributed by atoms with Gasteiger partial charge in [-0.05, 0) is 36.6 Å². The third kappa shape index (κ3) is 2.63. The smallest absolute Gasteiger partial charge is 0.244 e. The predicted molar refractivity (Wildman–Crippen MR) is 82.6 cm³/mol. The molecule has 2 aliphatic rings. The molecule has 1 unspecified atom stereocenters. The molecule has 0 aromatic carbocycles. The molecular formula is C16H24N2OS. The molecule has 1 amide bonds. The fraction of sp³-hybridized carbons (Fsp3) is 0.688. The lowest BCUT2D eigenvalue weighted by atomic mass is 10.1. The van der Waals surface area contributed by atoms with Crippen molar-refractivity contribution < 1.29 is 4.79 Å². The van der Waals surface area contributed by atoms with Crippen LogP contribution in [0.5, 0.6) is 0 Å². The Kier molecular flexibility index (Phi) is 3.87. The number of hydrogen-bond donors (Lipinski definition) is 1. The summed E-state index contributed by atoms with van der Waals surface area (Å²) < 4.78 is 0. The number of carbonyl (C=O) groups is 1. The first-order chi connectivity index (χ1) is 9.62. The standard InChI is InChI=1S/C16H24N2OS/c1-12(2)6-3-4-10-18-14(13-7-5-11-20-13)17-16(8-9-16)15(18)19/h5,7,11-12,14,17H,3-4,6,8-10H2,1-2H3. The van der Waals surface area contributed by atoms with E-state index in [1.807, 2.05) is 0 Å². The summed E-state index contributed by atoms with van der Waals surface area (Å²) >= 11 is 1.74. The average molecular weight is 292 g/mol. The van der Waals surface area contributed by atoms with Gasteiger partial charge in [0.2, 0.25) is 5.91 Å². The molecule has 3 nitrogen and oxygen atoms in total. The van der Waals surface area contributed by atoms with Crippen LogP contribution in [-0.4, -0.2) is 22.9 Å². The van der Waals surface area contributed by atoms with Gasteiger partial charge in [-0.25, -0.2) is 0 Å². The molecule has 1 saturated heterocycles. The van der Waals surface area contributed by atoms with E-state index in [-0.39, 0.29) is 11.7 Å². The number of hydrogen-bond acceptors (Lipinski definition) is 3. The second-order valence-corrected chi connectivity index (χ2v) is 7.51. The van der Waals surface area contributed by atoms with Crippen molar-refractivity contribution in [2.45, 2.75) is 57.7 Å². The molecule has 1 aromatic rings. The molecule has 3 rings (SSSR count). The number of amides is 1. The highest BCUT2D eigenvalue weighted by molar-refractivity contribution is 7.10. The number of rotatable bonds is 6. The van der Waals surface area contributed by atoms with E-state index in [0.29, 0.717) is 5.91 Å². The molecule has 1 N–H and O–H groups in total. The molecule has 1 aliphatic heterocycles. The van der Waals surface area contributed by atoms with E-state index in [0.717, 1.165) is 31.7 Å². The fourth-order valence-electron chi connectivity index (χ4n) is 3.01. The predicted octanol–water partition coefficient (Wildman–Crippen LogP) is 3.54. The first-order valence-electron chi connectivity index (χ1n) is 7.74. The summed E-state index contributed by atoms with van der Waals surface area (Å²) in [4.78, 5) is 15.9. The Morgan fingerprint density at radius 3 is 2.85 bits per heavy atom. The molecule has 0 radical (unpaired) electrons. The summed E-state index contributed by atoms with van der Waals surface area (Å²) in [6.07, 6.45) is 5.72. The zero-order valence-corrected chi connectivity index (χ0v) is 13.2. The molecule has 1 spiro atoms. The highest BCUT2D eigenvalue weighted by Gasteiger charge is 2.59. The van der Waals surface area contributed by atoms with E-state index in [4.69, 9.17) is 0 Å². The number of nitrogens with one attached hydrogen (secondary N) is 1. The summed E-state index contributed by atoms with van der Waals surface area (Å²) in [6, 6.07) is 4.21. The summed E-state index contributed by atoms with van der Waals surface area (Å²) in [6.45, 7) is 5.41. The van der Waals surface area contributed by atoms with Crippen LogP contribution in [0, 0.1) is 5.92 Å². The molecule has 2 fully saturated rings. The van der Waals surface area contributed by atoms with Crippen molar-refractivity contribution in [1.29, 1.82) is 0 Å². The van der Waals surface area contributed by atoms with Gasteiger partial charge in [0.1, 0.15) is 11.7 Å². The van der Waals surface area contributed by atoms with Crippen LogP contribution in [0.4, 0.5) is 0 Å². The molecule has 1 aromatic heterocycles. The first kappa shape index (κ1) is 14.1. The number of thiophene rings is 1. The summed E-state index contributed by atoms with van der Waals surface area (Å²) in [5, 5.41) is 5.67. The van der Waals surface area contributed by atoms with E-state index in [2.05, 4.69) is 41.6 Å². The van der Waals surface area contributed by atoms with Crippen LogP contribution in [0.15, 0.2) is 17.5 Å². The Bertz CT molecular complexity index is 465. The maximum absolute atomic E-state index is 12.6. The quantitative estimate of drug-likeness (QED) is 0.813. The van der Waals surface area contributed by atoms with E-state index in [1.165, 1.54) is 17.7 Å². The summed E-state index contributed by atoms with van der Waals surface area (Å²) in [5.41, 5.74) is -0.202. The minimum Gasteiger partial charge on any atom is -0.320 e. The Labute approximate surface area is 125 Å². The Morgan fingerprint density at radius 2 is 2.25 bits per heavy atom. The molecule has 1 saturated carbocycles. The zero-order chi connectivity index (χ0) is 14.2. The number of carbonyl (C=O) groups excluding carboxylic acids is 1. The topological polar surface area (TPSA) is 32.3 Å². The van der Waals surface area contributed by atoms with Crippen molar-refractivity contribution in [2.75, 3.05) is 6.54 Å². The van der Waals surface area contributed by atoms with Gasteiger partial charge in [-0.3, -0.25) is 10.1 Å². The van der Waals surface area contributed by atoms with Crippen LogP contribution in [0.3, 0.4) is 0 Å². The van der Waals surface area contributed by atoms with Gasteiger partial charge in [0.15, 0.2) is 0 Å². The second-order valence-electron chi connectivity index (χ2n) is 6.53. The van der Waals surface area contributed by atoms with Crippen LogP contribution in [0.25, 0.3) is 0 Å². The molecule has 110 valence electrons. The maximum atomic E-state index is 12.6. The largest absolute Gasteiger partial charge is 0.320 e. The van der Waals surface area contributed by atoms with E-state index in [9.17, 15) is 4.79 Å². The highest BCUT2D eigenvalue weighted by atomic mass is 32.1. The van der Waals surface area contributed by atoms with Crippen LogP contribution >= 0.6 is 11.3 Å². The minimum atomic E-state index is -0.202. The summed E-state index contributed by atoms with van der Waals surface area (Å²) in [5.74, 6) is 1.09. The Morgan fingerprint density at radius 1 is 1.45 bits per heavy atom. The van der Waals surface area contributed by atoms with Crippen molar-refractivity contribution in [1.82, 2.24) is 10.2 Å². The zero-order valence-electron chi connectivity index (χ0n) is 12.4. The summed E-state index contributed by atoms with van der Waals surface area (Å²) in [7, 11) is 0. The molecule has 4 heteroatoms. The monoisotopic (exact) mass is 292 g/mol. The van der Waals surface area contributed by atoms with Crippen LogP contribution in [0.2, 0.25) is 0 Å². The maximum Gasteiger partial charge on any atom is 0.244 e. The van der Waals surface area contributed by atoms with Gasteiger partial charge in [-0.15, -0.1) is 11.3 Å². The lowest BCUT2D eigenvalue weighted by Crippen LogP contribution is -2.32. The SMILES string of the molecule is CC(C)CCCCN1C(=O)C2(CC2)NC1c1cccs1. The molecule has 20 heavy (non-hydrogen) atoms. The molecule has 2 heterocycles. The third-order valence-corrected chi connectivity index (χ3v) is 5.31. The van der Waals surface area contributed by atoms with Gasteiger partial charge in [0.25, 0.3) is 0 Å². The first-order valence-corrected chi connectivity index (χ1v) is 8.62. The fourth-order valence-corrected chi connectivity index (χ4v) is 3.80. The van der Waals surface area contributed by atoms with Crippen LogP contribution in [-0.2, 0) is 4.79 Å². The van der Waals surface area contributed by atoms with Crippen molar-refractivity contribution in [3.05, 3.63) is 22.4 Å². The Hall–Kier alpha value is -0.870. The van der Waals surface area contributed by atoms with E-state index >= 15 is 0 Å². The van der Waals surface area contributed by atoms with Gasteiger partial charge in [-0.2, -0.15) is 0 Å². The lowest BCUT2D eigenvalue weighted by Gasteiger charge is -2.23. The molecule has 1 atom stereocenters. The van der Waals surface area contributed by atoms with Crippen LogP contribution < -0.4 is 5.32 Å². The molecule has 1 aliphatic carbocycles. The third-order valence-electron chi connectivity index (χ3n) is 4.39. The van der Waals surface area contributed by atoms with Gasteiger partial charge in [0, 0.05) is 11.4 Å². The highest BCUT2D eigenvalue weighted by Crippen LogP contribution is 2.46. The van der Waals surface area contributed by atoms with Gasteiger partial charge >= 0.3 is 0 Å². The van der Waals surface area contributed by atoms with Crippen molar-refractivity contribution in [2.24, 2.45) is 5.92 Å². The normalized spacial score (nSPS) is 24.1. The molecule has 0 bridgehead atoms. The molecular weight excluding hydrogens is 268 g/mol. The van der Waals surface area contributed by atoms with Crippen molar-refractivity contribution in [3.63, 3.8) is 0 Å². The van der Waals surface area contributed by atoms with Crippen molar-refractivity contribution >= 4 is 17.2 Å². The van der Waals surface area contributed by atoms with E-state index < -0.39 is 0 Å². The van der Waals surface area contributed by atoms with Crippen molar-refractivity contribution in [3.8, 4) is 0 Å². The van der Waals surface area contributed by atoms with Gasteiger partial charge in [-0.1, -0.05) is 32.8 Å². The van der Waals surface area contributed by atoms with Gasteiger partial charge in [0.05, 0.1) is 0 Å². The number of nitrogens with zero attached hydrogens (tertiary/aromatic N) is 1. The lowest BCUT2D eigenvalue weighted by molar-refractivity contribution is -0.130. The van der Waals surface area contributed by atoms with Crippen LogP contribution in [0.1, 0.15) is 57.0 Å². The second kappa shape index (κ2) is 5.49. The average Bonchev–Trinajstić information content (AvgIpc) is 2.89.